The van der Waals surface area contributed by atoms with Gasteiger partial charge in [0.05, 0.1) is 6.04 Å². The van der Waals surface area contributed by atoms with Gasteiger partial charge in [-0.1, -0.05) is 43.3 Å². The van der Waals surface area contributed by atoms with Crippen LogP contribution in [0.1, 0.15) is 31.9 Å². The standard InChI is InChI=1S/C19H21F2NO3/c1-3-16(15-11-7-8-12-17(15)25-19(20)21)22-18(23)13(2)24-14-9-5-4-6-10-14/h4-13,16,19H,3H2,1-2H3,(H,22,23)/t13-,16+/m0/s1. The van der Waals surface area contributed by atoms with Gasteiger partial charge >= 0.3 is 6.61 Å². The molecule has 0 aliphatic rings. The zero-order valence-corrected chi connectivity index (χ0v) is 14.1. The SMILES string of the molecule is CC[C@@H](NC(=O)[C@H](C)Oc1ccccc1)c1ccccc1OC(F)F. The van der Waals surface area contributed by atoms with Gasteiger partial charge in [0.2, 0.25) is 0 Å². The van der Waals surface area contributed by atoms with Crippen LogP contribution in [0.15, 0.2) is 54.6 Å². The molecular weight excluding hydrogens is 328 g/mol. The average Bonchev–Trinajstić information content (AvgIpc) is 2.60. The van der Waals surface area contributed by atoms with E-state index in [1.807, 2.05) is 25.1 Å². The maximum absolute atomic E-state index is 12.6. The molecule has 134 valence electrons. The van der Waals surface area contributed by atoms with Crippen LogP contribution in [-0.2, 0) is 4.79 Å². The highest BCUT2D eigenvalue weighted by molar-refractivity contribution is 5.81. The van der Waals surface area contributed by atoms with Gasteiger partial charge in [-0.3, -0.25) is 4.79 Å². The van der Waals surface area contributed by atoms with Crippen molar-refractivity contribution < 1.29 is 23.0 Å². The minimum Gasteiger partial charge on any atom is -0.481 e. The number of benzene rings is 2. The van der Waals surface area contributed by atoms with Crippen LogP contribution < -0.4 is 14.8 Å². The van der Waals surface area contributed by atoms with Gasteiger partial charge in [0, 0.05) is 5.56 Å². The van der Waals surface area contributed by atoms with Crippen molar-refractivity contribution >= 4 is 5.91 Å². The van der Waals surface area contributed by atoms with Crippen LogP contribution in [0.3, 0.4) is 0 Å². The summed E-state index contributed by atoms with van der Waals surface area (Å²) >= 11 is 0. The summed E-state index contributed by atoms with van der Waals surface area (Å²) in [5.41, 5.74) is 0.505. The number of carbonyl (C=O) groups excluding carboxylic acids is 1. The van der Waals surface area contributed by atoms with Gasteiger partial charge in [-0.25, -0.2) is 0 Å². The first-order valence-electron chi connectivity index (χ1n) is 8.07. The van der Waals surface area contributed by atoms with Crippen molar-refractivity contribution in [2.45, 2.75) is 39.0 Å². The summed E-state index contributed by atoms with van der Waals surface area (Å²) in [4.78, 5) is 12.4. The maximum atomic E-state index is 12.6. The summed E-state index contributed by atoms with van der Waals surface area (Å²) in [7, 11) is 0. The maximum Gasteiger partial charge on any atom is 0.387 e. The Kier molecular flexibility index (Phi) is 6.74. The molecule has 0 unspecified atom stereocenters. The molecule has 2 rings (SSSR count). The quantitative estimate of drug-likeness (QED) is 0.772. The molecule has 4 nitrogen and oxygen atoms in total. The Morgan fingerprint density at radius 1 is 1.04 bits per heavy atom. The molecule has 6 heteroatoms. The molecule has 1 amide bonds. The molecule has 0 fully saturated rings. The van der Waals surface area contributed by atoms with Crippen LogP contribution in [-0.4, -0.2) is 18.6 Å². The Balaban J connectivity index is 2.07. The number of ether oxygens (including phenoxy) is 2. The molecule has 0 saturated heterocycles. The Labute approximate surface area is 145 Å². The first-order valence-corrected chi connectivity index (χ1v) is 8.07. The fraction of sp³-hybridized carbons (Fsp3) is 0.316. The van der Waals surface area contributed by atoms with Crippen molar-refractivity contribution in [2.75, 3.05) is 0 Å². The molecule has 0 spiro atoms. The largest absolute Gasteiger partial charge is 0.481 e. The summed E-state index contributed by atoms with van der Waals surface area (Å²) in [6.07, 6.45) is -0.201. The molecule has 0 radical (unpaired) electrons. The molecule has 2 aromatic carbocycles. The van der Waals surface area contributed by atoms with Crippen LogP contribution in [0, 0.1) is 0 Å². The van der Waals surface area contributed by atoms with Crippen molar-refractivity contribution in [3.63, 3.8) is 0 Å². The van der Waals surface area contributed by atoms with Gasteiger partial charge in [-0.2, -0.15) is 8.78 Å². The highest BCUT2D eigenvalue weighted by Gasteiger charge is 2.22. The van der Waals surface area contributed by atoms with E-state index in [9.17, 15) is 13.6 Å². The van der Waals surface area contributed by atoms with E-state index in [1.165, 1.54) is 6.07 Å². The zero-order valence-electron chi connectivity index (χ0n) is 14.1. The third kappa shape index (κ3) is 5.45. The van der Waals surface area contributed by atoms with E-state index in [0.717, 1.165) is 0 Å². The molecule has 25 heavy (non-hydrogen) atoms. The van der Waals surface area contributed by atoms with Crippen molar-refractivity contribution in [3.05, 3.63) is 60.2 Å². The lowest BCUT2D eigenvalue weighted by Gasteiger charge is -2.22. The number of carbonyl (C=O) groups is 1. The first-order chi connectivity index (χ1) is 12.0. The van der Waals surface area contributed by atoms with E-state index in [0.29, 0.717) is 17.7 Å². The molecule has 0 bridgehead atoms. The number of hydrogen-bond donors (Lipinski definition) is 1. The number of amides is 1. The average molecular weight is 349 g/mol. The fourth-order valence-corrected chi connectivity index (χ4v) is 2.42. The van der Waals surface area contributed by atoms with E-state index in [4.69, 9.17) is 4.74 Å². The third-order valence-corrected chi connectivity index (χ3v) is 3.66. The molecule has 0 aliphatic heterocycles. The van der Waals surface area contributed by atoms with Crippen LogP contribution in [0.4, 0.5) is 8.78 Å². The Morgan fingerprint density at radius 3 is 2.32 bits per heavy atom. The lowest BCUT2D eigenvalue weighted by atomic mass is 10.0. The summed E-state index contributed by atoms with van der Waals surface area (Å²) in [5, 5.41) is 2.83. The molecule has 0 aliphatic carbocycles. The van der Waals surface area contributed by atoms with Gasteiger partial charge in [0.15, 0.2) is 6.10 Å². The molecule has 1 N–H and O–H groups in total. The Hall–Kier alpha value is -2.63. The van der Waals surface area contributed by atoms with E-state index < -0.39 is 18.8 Å². The molecule has 2 aromatic rings. The second kappa shape index (κ2) is 9.01. The van der Waals surface area contributed by atoms with Crippen molar-refractivity contribution in [3.8, 4) is 11.5 Å². The van der Waals surface area contributed by atoms with Crippen LogP contribution in [0.2, 0.25) is 0 Å². The van der Waals surface area contributed by atoms with Crippen molar-refractivity contribution in [1.82, 2.24) is 5.32 Å². The predicted molar refractivity (Wildman–Crippen MR) is 90.8 cm³/mol. The second-order valence-corrected chi connectivity index (χ2v) is 5.46. The topological polar surface area (TPSA) is 47.6 Å². The van der Waals surface area contributed by atoms with Gasteiger partial charge in [-0.15, -0.1) is 0 Å². The van der Waals surface area contributed by atoms with Gasteiger partial charge in [0.1, 0.15) is 11.5 Å². The Bertz CT molecular complexity index is 679. The van der Waals surface area contributed by atoms with Crippen molar-refractivity contribution in [2.24, 2.45) is 0 Å². The number of halogens is 2. The lowest BCUT2D eigenvalue weighted by molar-refractivity contribution is -0.128. The monoisotopic (exact) mass is 349 g/mol. The first kappa shape index (κ1) is 18.7. The predicted octanol–water partition coefficient (Wildman–Crippen LogP) is 4.32. The molecular formula is C19H21F2NO3. The van der Waals surface area contributed by atoms with Gasteiger partial charge < -0.3 is 14.8 Å². The van der Waals surface area contributed by atoms with Gasteiger partial charge in [0.25, 0.3) is 5.91 Å². The van der Waals surface area contributed by atoms with Crippen molar-refractivity contribution in [1.29, 1.82) is 0 Å². The number of rotatable bonds is 8. The minimum absolute atomic E-state index is 0.0567. The second-order valence-electron chi connectivity index (χ2n) is 5.46. The van der Waals surface area contributed by atoms with Crippen LogP contribution in [0.25, 0.3) is 0 Å². The normalized spacial score (nSPS) is 13.2. The Morgan fingerprint density at radius 2 is 1.68 bits per heavy atom. The lowest BCUT2D eigenvalue weighted by Crippen LogP contribution is -2.38. The summed E-state index contributed by atoms with van der Waals surface area (Å²) in [5.74, 6) is 0.309. The van der Waals surface area contributed by atoms with E-state index >= 15 is 0 Å². The molecule has 0 heterocycles. The number of hydrogen-bond acceptors (Lipinski definition) is 3. The molecule has 0 saturated carbocycles. The van der Waals surface area contributed by atoms with Gasteiger partial charge in [-0.05, 0) is 31.5 Å². The highest BCUT2D eigenvalue weighted by atomic mass is 19.3. The smallest absolute Gasteiger partial charge is 0.387 e. The number of alkyl halides is 2. The number of para-hydroxylation sites is 2. The summed E-state index contributed by atoms with van der Waals surface area (Å²) in [6, 6.07) is 15.0. The molecule has 0 aromatic heterocycles. The fourth-order valence-electron chi connectivity index (χ4n) is 2.42. The van der Waals surface area contributed by atoms with Crippen LogP contribution in [0.5, 0.6) is 11.5 Å². The molecule has 2 atom stereocenters. The summed E-state index contributed by atoms with van der Waals surface area (Å²) in [6.45, 7) is 0.568. The third-order valence-electron chi connectivity index (χ3n) is 3.66. The van der Waals surface area contributed by atoms with E-state index in [1.54, 1.807) is 37.3 Å². The zero-order chi connectivity index (χ0) is 18.2. The van der Waals surface area contributed by atoms with E-state index in [-0.39, 0.29) is 11.7 Å². The van der Waals surface area contributed by atoms with Crippen LogP contribution >= 0.6 is 0 Å². The minimum atomic E-state index is -2.92. The van der Waals surface area contributed by atoms with E-state index in [2.05, 4.69) is 10.1 Å². The number of nitrogens with one attached hydrogen (secondary N) is 1. The highest BCUT2D eigenvalue weighted by Crippen LogP contribution is 2.28. The summed E-state index contributed by atoms with van der Waals surface area (Å²) < 4.78 is 35.3.